The van der Waals surface area contributed by atoms with Crippen molar-refractivity contribution >= 4 is 50.9 Å². The number of ketones is 1. The molecule has 2 amide bonds. The van der Waals surface area contributed by atoms with Crippen LogP contribution in [0.2, 0.25) is 0 Å². The summed E-state index contributed by atoms with van der Waals surface area (Å²) in [5.74, 6) is -1.58. The quantitative estimate of drug-likeness (QED) is 0.347. The number of fused-ring (bicyclic) bond motifs is 4. The van der Waals surface area contributed by atoms with Crippen LogP contribution in [0.1, 0.15) is 19.3 Å². The zero-order valence-electron chi connectivity index (χ0n) is 16.1. The molecule has 6 rings (SSSR count). The topological polar surface area (TPSA) is 118 Å². The molecule has 10 atom stereocenters. The molecule has 4 heterocycles. The third-order valence-electron chi connectivity index (χ3n) is 7.83. The van der Waals surface area contributed by atoms with Gasteiger partial charge in [0.25, 0.3) is 11.8 Å². The highest BCUT2D eigenvalue weighted by Gasteiger charge is 2.77. The number of thioether (sulfide) groups is 1. The van der Waals surface area contributed by atoms with Gasteiger partial charge in [0.2, 0.25) is 0 Å². The van der Waals surface area contributed by atoms with Gasteiger partial charge in [0.1, 0.15) is 5.78 Å². The standard InChI is InChI=1S/C19H22N2O6S3/c1-28-18-5-7-9(22)2-3-10(23)13(7)20(18)17(27)19-6-8-11(24)4-12(29-30-19)15(25)14(8)21(19)16(18)26/h2-3,7-10,12-15,22-23,25H,4-6H2,1H3/t7-,8-,9-,10-,12-,13-,14-,15-,18+,19+/m0/s1. The molecule has 30 heavy (non-hydrogen) atoms. The van der Waals surface area contributed by atoms with Crippen molar-refractivity contribution in [1.82, 2.24) is 9.80 Å². The zero-order valence-corrected chi connectivity index (χ0v) is 18.5. The predicted molar refractivity (Wildman–Crippen MR) is 112 cm³/mol. The maximum Gasteiger partial charge on any atom is 0.261 e. The highest BCUT2D eigenvalue weighted by atomic mass is 33.1. The van der Waals surface area contributed by atoms with E-state index < -0.39 is 52.0 Å². The van der Waals surface area contributed by atoms with Gasteiger partial charge in [0.05, 0.1) is 35.6 Å². The minimum atomic E-state index is -1.26. The Hall–Kier alpha value is -0.720. The molecule has 3 N–H and O–H groups in total. The minimum Gasteiger partial charge on any atom is -0.390 e. The summed E-state index contributed by atoms with van der Waals surface area (Å²) in [7, 11) is 2.61. The van der Waals surface area contributed by atoms with Crippen LogP contribution in [-0.4, -0.2) is 94.4 Å². The van der Waals surface area contributed by atoms with Crippen molar-refractivity contribution in [1.29, 1.82) is 0 Å². The zero-order chi connectivity index (χ0) is 21.2. The van der Waals surface area contributed by atoms with E-state index in [-0.39, 0.29) is 42.1 Å². The van der Waals surface area contributed by atoms with Gasteiger partial charge in [-0.2, -0.15) is 0 Å². The molecule has 0 radical (unpaired) electrons. The monoisotopic (exact) mass is 470 g/mol. The Kier molecular flexibility index (Phi) is 4.12. The fourth-order valence-corrected chi connectivity index (χ4v) is 11.1. The Morgan fingerprint density at radius 3 is 2.50 bits per heavy atom. The van der Waals surface area contributed by atoms with Crippen molar-refractivity contribution in [2.24, 2.45) is 11.8 Å². The molecule has 6 aliphatic rings. The van der Waals surface area contributed by atoms with Crippen molar-refractivity contribution < 1.29 is 29.7 Å². The van der Waals surface area contributed by atoms with Crippen LogP contribution in [0, 0.1) is 11.8 Å². The number of rotatable bonds is 1. The summed E-state index contributed by atoms with van der Waals surface area (Å²) >= 11 is 1.24. The smallest absolute Gasteiger partial charge is 0.261 e. The number of amides is 2. The second kappa shape index (κ2) is 6.20. The lowest BCUT2D eigenvalue weighted by molar-refractivity contribution is -0.169. The number of Topliss-reactive ketones (excluding diaryl/α,β-unsaturated/α-hetero) is 1. The normalized spacial score (nSPS) is 53.7. The molecule has 0 unspecified atom stereocenters. The number of hydrogen-bond acceptors (Lipinski definition) is 9. The maximum atomic E-state index is 14.2. The summed E-state index contributed by atoms with van der Waals surface area (Å²) in [6.07, 6.45) is 2.76. The molecule has 1 saturated carbocycles. The number of carbonyl (C=O) groups excluding carboxylic acids is 3. The van der Waals surface area contributed by atoms with Gasteiger partial charge in [-0.3, -0.25) is 14.4 Å². The first-order chi connectivity index (χ1) is 14.3. The molecular formula is C19H22N2O6S3. The Labute approximate surface area is 185 Å². The van der Waals surface area contributed by atoms with Crippen LogP contribution >= 0.6 is 33.3 Å². The van der Waals surface area contributed by atoms with E-state index in [0.717, 1.165) is 0 Å². The molecular weight excluding hydrogens is 448 g/mol. The van der Waals surface area contributed by atoms with Gasteiger partial charge in [-0.25, -0.2) is 0 Å². The average Bonchev–Trinajstić information content (AvgIpc) is 3.24. The first-order valence-corrected chi connectivity index (χ1v) is 13.5. The first-order valence-electron chi connectivity index (χ1n) is 10.1. The summed E-state index contributed by atoms with van der Waals surface area (Å²) in [5.41, 5.74) is 0. The van der Waals surface area contributed by atoms with Crippen LogP contribution in [0.5, 0.6) is 0 Å². The molecule has 5 fully saturated rings. The number of hydrogen-bond donors (Lipinski definition) is 3. The lowest BCUT2D eigenvalue weighted by Crippen LogP contribution is -2.74. The van der Waals surface area contributed by atoms with E-state index in [0.29, 0.717) is 0 Å². The third-order valence-corrected chi connectivity index (χ3v) is 12.5. The molecule has 0 aromatic carbocycles. The predicted octanol–water partition coefficient (Wildman–Crippen LogP) is -0.421. The van der Waals surface area contributed by atoms with Gasteiger partial charge in [-0.1, -0.05) is 33.7 Å². The Bertz CT molecular complexity index is 901. The van der Waals surface area contributed by atoms with Gasteiger partial charge < -0.3 is 25.1 Å². The molecule has 4 saturated heterocycles. The van der Waals surface area contributed by atoms with Crippen LogP contribution in [0.3, 0.4) is 0 Å². The first kappa shape index (κ1) is 19.9. The Morgan fingerprint density at radius 2 is 1.77 bits per heavy atom. The van der Waals surface area contributed by atoms with Gasteiger partial charge in [-0.15, -0.1) is 11.8 Å². The Balaban J connectivity index is 1.54. The van der Waals surface area contributed by atoms with E-state index >= 15 is 0 Å². The van der Waals surface area contributed by atoms with Gasteiger partial charge in [0, 0.05) is 24.7 Å². The van der Waals surface area contributed by atoms with Crippen molar-refractivity contribution in [3.63, 3.8) is 0 Å². The number of carbonyl (C=O) groups is 3. The summed E-state index contributed by atoms with van der Waals surface area (Å²) in [6.45, 7) is 0. The molecule has 0 aromatic rings. The maximum absolute atomic E-state index is 14.2. The average molecular weight is 471 g/mol. The number of nitrogens with zero attached hydrogens (tertiary/aromatic N) is 2. The molecule has 4 aliphatic heterocycles. The number of piperazine rings is 1. The Morgan fingerprint density at radius 1 is 1.03 bits per heavy atom. The van der Waals surface area contributed by atoms with Crippen LogP contribution in [0.15, 0.2) is 12.2 Å². The number of aliphatic hydroxyl groups excluding tert-OH is 3. The van der Waals surface area contributed by atoms with Crippen LogP contribution in [-0.2, 0) is 14.4 Å². The molecule has 0 spiro atoms. The van der Waals surface area contributed by atoms with Crippen molar-refractivity contribution in [2.45, 2.75) is 64.6 Å². The minimum absolute atomic E-state index is 0.00442. The van der Waals surface area contributed by atoms with E-state index in [1.165, 1.54) is 55.3 Å². The molecule has 8 nitrogen and oxygen atoms in total. The molecule has 11 heteroatoms. The fourth-order valence-electron chi connectivity index (χ4n) is 6.47. The SMILES string of the molecule is CS[C@@]12C[C@@H]3[C@@H]([C@@H](O)C=C[C@@H]3O)N1C(=O)[C@@]13C[C@H]4C(=O)C[C@H](SS1)[C@H](O)[C@H]4N3C2=O. The molecule has 0 aromatic heterocycles. The third kappa shape index (κ3) is 2.08. The van der Waals surface area contributed by atoms with E-state index in [2.05, 4.69) is 0 Å². The summed E-state index contributed by atoms with van der Waals surface area (Å²) < 4.78 is 0. The van der Waals surface area contributed by atoms with Crippen LogP contribution in [0.4, 0.5) is 0 Å². The van der Waals surface area contributed by atoms with Crippen molar-refractivity contribution in [2.75, 3.05) is 6.26 Å². The van der Waals surface area contributed by atoms with Gasteiger partial charge in [0.15, 0.2) is 9.74 Å². The van der Waals surface area contributed by atoms with Crippen molar-refractivity contribution in [3.05, 3.63) is 12.2 Å². The largest absolute Gasteiger partial charge is 0.390 e. The fraction of sp³-hybridized carbons (Fsp3) is 0.737. The highest BCUT2D eigenvalue weighted by Crippen LogP contribution is 2.65. The lowest BCUT2D eigenvalue weighted by atomic mass is 9.81. The second-order valence-electron chi connectivity index (χ2n) is 9.03. The van der Waals surface area contributed by atoms with Crippen LogP contribution < -0.4 is 0 Å². The molecule has 162 valence electrons. The van der Waals surface area contributed by atoms with Gasteiger partial charge >= 0.3 is 0 Å². The van der Waals surface area contributed by atoms with Crippen molar-refractivity contribution in [3.8, 4) is 0 Å². The second-order valence-corrected chi connectivity index (χ2v) is 12.8. The summed E-state index contributed by atoms with van der Waals surface area (Å²) in [5, 5.41) is 32.0. The van der Waals surface area contributed by atoms with E-state index in [1.54, 1.807) is 6.26 Å². The highest BCUT2D eigenvalue weighted by molar-refractivity contribution is 8.77. The molecule has 3 bridgehead atoms. The van der Waals surface area contributed by atoms with Crippen LogP contribution in [0.25, 0.3) is 0 Å². The summed E-state index contributed by atoms with van der Waals surface area (Å²) in [6, 6.07) is -1.40. The number of aliphatic hydroxyl groups is 3. The van der Waals surface area contributed by atoms with E-state index in [1.807, 2.05) is 0 Å². The van der Waals surface area contributed by atoms with E-state index in [4.69, 9.17) is 0 Å². The lowest BCUT2D eigenvalue weighted by Gasteiger charge is -2.53. The molecule has 2 aliphatic carbocycles. The summed E-state index contributed by atoms with van der Waals surface area (Å²) in [4.78, 5) is 41.6. The van der Waals surface area contributed by atoms with E-state index in [9.17, 15) is 29.7 Å². The van der Waals surface area contributed by atoms with Gasteiger partial charge in [-0.05, 0) is 12.7 Å².